The van der Waals surface area contributed by atoms with Gasteiger partial charge >= 0.3 is 0 Å². The summed E-state index contributed by atoms with van der Waals surface area (Å²) in [6, 6.07) is 23.9. The van der Waals surface area contributed by atoms with Gasteiger partial charge in [0.05, 0.1) is 16.8 Å². The molecule has 0 aliphatic heterocycles. The SMILES string of the molecule is CCc1cccc(CC)c1NC(=O)c1cc(-c2cccc(Br)c2)nc2ccccc12. The third-order valence-electron chi connectivity index (χ3n) is 5.32. The average Bonchev–Trinajstić information content (AvgIpc) is 2.78. The number of amides is 1. The summed E-state index contributed by atoms with van der Waals surface area (Å²) in [7, 11) is 0. The van der Waals surface area contributed by atoms with Crippen LogP contribution in [-0.4, -0.2) is 10.9 Å². The highest BCUT2D eigenvalue weighted by atomic mass is 79.9. The maximum Gasteiger partial charge on any atom is 0.256 e. The fourth-order valence-corrected chi connectivity index (χ4v) is 4.14. The van der Waals surface area contributed by atoms with Crippen molar-refractivity contribution in [3.63, 3.8) is 0 Å². The molecule has 0 unspecified atom stereocenters. The quantitative estimate of drug-likeness (QED) is 0.348. The van der Waals surface area contributed by atoms with Crippen LogP contribution in [0, 0.1) is 0 Å². The summed E-state index contributed by atoms with van der Waals surface area (Å²) in [4.78, 5) is 18.3. The first-order chi connectivity index (χ1) is 14.6. The highest BCUT2D eigenvalue weighted by molar-refractivity contribution is 9.10. The van der Waals surface area contributed by atoms with Crippen LogP contribution in [0.2, 0.25) is 0 Å². The van der Waals surface area contributed by atoms with Crippen LogP contribution in [0.5, 0.6) is 0 Å². The van der Waals surface area contributed by atoms with E-state index in [0.717, 1.165) is 56.3 Å². The highest BCUT2D eigenvalue weighted by Crippen LogP contribution is 2.29. The number of aryl methyl sites for hydroxylation is 2. The number of carbonyl (C=O) groups is 1. The minimum Gasteiger partial charge on any atom is -0.321 e. The molecule has 0 aliphatic rings. The smallest absolute Gasteiger partial charge is 0.256 e. The number of para-hydroxylation sites is 2. The Morgan fingerprint density at radius 2 is 1.60 bits per heavy atom. The van der Waals surface area contributed by atoms with Crippen molar-refractivity contribution in [1.82, 2.24) is 4.98 Å². The summed E-state index contributed by atoms with van der Waals surface area (Å²) in [5, 5.41) is 4.05. The van der Waals surface area contributed by atoms with Crippen LogP contribution in [0.1, 0.15) is 35.3 Å². The molecule has 0 spiro atoms. The van der Waals surface area contributed by atoms with Crippen LogP contribution in [0.25, 0.3) is 22.2 Å². The average molecular weight is 459 g/mol. The molecule has 1 amide bonds. The number of aromatic nitrogens is 1. The van der Waals surface area contributed by atoms with Crippen molar-refractivity contribution >= 4 is 38.4 Å². The topological polar surface area (TPSA) is 42.0 Å². The molecule has 1 N–H and O–H groups in total. The maximum atomic E-state index is 13.5. The van der Waals surface area contributed by atoms with Gasteiger partial charge in [-0.3, -0.25) is 4.79 Å². The van der Waals surface area contributed by atoms with Crippen LogP contribution >= 0.6 is 15.9 Å². The molecule has 30 heavy (non-hydrogen) atoms. The lowest BCUT2D eigenvalue weighted by atomic mass is 10.0. The molecule has 0 atom stereocenters. The first-order valence-electron chi connectivity index (χ1n) is 10.2. The molecule has 1 aromatic heterocycles. The summed E-state index contributed by atoms with van der Waals surface area (Å²) >= 11 is 3.53. The van der Waals surface area contributed by atoms with E-state index in [-0.39, 0.29) is 5.91 Å². The molecule has 3 aromatic carbocycles. The number of nitrogens with one attached hydrogen (secondary N) is 1. The number of fused-ring (bicyclic) bond motifs is 1. The van der Waals surface area contributed by atoms with Gasteiger partial charge in [0.1, 0.15) is 0 Å². The molecule has 3 nitrogen and oxygen atoms in total. The second-order valence-electron chi connectivity index (χ2n) is 7.20. The van der Waals surface area contributed by atoms with Gasteiger partial charge in [0.25, 0.3) is 5.91 Å². The molecule has 4 heteroatoms. The fraction of sp³-hybridized carbons (Fsp3) is 0.154. The molecular weight excluding hydrogens is 436 g/mol. The fourth-order valence-electron chi connectivity index (χ4n) is 3.74. The number of nitrogens with zero attached hydrogens (tertiary/aromatic N) is 1. The molecular formula is C26H23BrN2O. The van der Waals surface area contributed by atoms with Crippen molar-refractivity contribution in [3.05, 3.63) is 94.0 Å². The maximum absolute atomic E-state index is 13.5. The Hall–Kier alpha value is -2.98. The van der Waals surface area contributed by atoms with E-state index in [9.17, 15) is 4.79 Å². The van der Waals surface area contributed by atoms with E-state index in [0.29, 0.717) is 5.56 Å². The van der Waals surface area contributed by atoms with Crippen LogP contribution in [0.4, 0.5) is 5.69 Å². The van der Waals surface area contributed by atoms with E-state index < -0.39 is 0 Å². The Kier molecular flexibility index (Phi) is 5.96. The zero-order valence-corrected chi connectivity index (χ0v) is 18.7. The first-order valence-corrected chi connectivity index (χ1v) is 11.0. The van der Waals surface area contributed by atoms with Crippen molar-refractivity contribution in [2.75, 3.05) is 5.32 Å². The third kappa shape index (κ3) is 4.01. The van der Waals surface area contributed by atoms with E-state index in [2.05, 4.69) is 53.3 Å². The van der Waals surface area contributed by atoms with Gasteiger partial charge in [-0.1, -0.05) is 78.3 Å². The van der Waals surface area contributed by atoms with Crippen LogP contribution in [0.3, 0.4) is 0 Å². The molecule has 0 aliphatic carbocycles. The van der Waals surface area contributed by atoms with Crippen molar-refractivity contribution in [1.29, 1.82) is 0 Å². The zero-order valence-electron chi connectivity index (χ0n) is 17.1. The van der Waals surface area contributed by atoms with Crippen molar-refractivity contribution in [2.45, 2.75) is 26.7 Å². The summed E-state index contributed by atoms with van der Waals surface area (Å²) in [6.45, 7) is 4.22. The number of rotatable bonds is 5. The standard InChI is InChI=1S/C26H23BrN2O/c1-3-17-9-7-10-18(4-2)25(17)29-26(30)22-16-24(19-11-8-12-20(27)15-19)28-23-14-6-5-13-21(22)23/h5-16H,3-4H2,1-2H3,(H,29,30). The number of anilines is 1. The van der Waals surface area contributed by atoms with Crippen LogP contribution < -0.4 is 5.32 Å². The third-order valence-corrected chi connectivity index (χ3v) is 5.81. The van der Waals surface area contributed by atoms with Crippen molar-refractivity contribution in [3.8, 4) is 11.3 Å². The Morgan fingerprint density at radius 1 is 0.900 bits per heavy atom. The summed E-state index contributed by atoms with van der Waals surface area (Å²) in [5.41, 5.74) is 6.40. The number of benzene rings is 3. The van der Waals surface area contributed by atoms with E-state index in [4.69, 9.17) is 4.98 Å². The van der Waals surface area contributed by atoms with E-state index in [1.165, 1.54) is 0 Å². The number of halogens is 1. The Balaban J connectivity index is 1.83. The number of hydrogen-bond donors (Lipinski definition) is 1. The number of pyridine rings is 1. The highest BCUT2D eigenvalue weighted by Gasteiger charge is 2.16. The molecule has 0 fully saturated rings. The lowest BCUT2D eigenvalue weighted by Crippen LogP contribution is -2.16. The first kappa shape index (κ1) is 20.3. The van der Waals surface area contributed by atoms with Gasteiger partial charge in [0.15, 0.2) is 0 Å². The Labute approximate surface area is 185 Å². The molecule has 0 radical (unpaired) electrons. The summed E-state index contributed by atoms with van der Waals surface area (Å²) < 4.78 is 0.977. The molecule has 1 heterocycles. The normalized spacial score (nSPS) is 10.9. The molecule has 0 bridgehead atoms. The molecule has 4 rings (SSSR count). The van der Waals surface area contributed by atoms with Crippen LogP contribution in [-0.2, 0) is 12.8 Å². The van der Waals surface area contributed by atoms with E-state index >= 15 is 0 Å². The minimum absolute atomic E-state index is 0.111. The van der Waals surface area contributed by atoms with Gasteiger partial charge in [-0.2, -0.15) is 0 Å². The largest absolute Gasteiger partial charge is 0.321 e. The summed E-state index contributed by atoms with van der Waals surface area (Å²) in [6.07, 6.45) is 1.73. The molecule has 0 saturated heterocycles. The van der Waals surface area contributed by atoms with E-state index in [1.54, 1.807) is 0 Å². The second kappa shape index (κ2) is 8.80. The van der Waals surface area contributed by atoms with Crippen molar-refractivity contribution in [2.24, 2.45) is 0 Å². The number of carbonyl (C=O) groups excluding carboxylic acids is 1. The minimum atomic E-state index is -0.111. The molecule has 0 saturated carbocycles. The second-order valence-corrected chi connectivity index (χ2v) is 8.11. The predicted molar refractivity (Wildman–Crippen MR) is 128 cm³/mol. The Bertz CT molecular complexity index is 1210. The predicted octanol–water partition coefficient (Wildman–Crippen LogP) is 7.04. The zero-order chi connectivity index (χ0) is 21.1. The number of hydrogen-bond acceptors (Lipinski definition) is 2. The molecule has 4 aromatic rings. The lowest BCUT2D eigenvalue weighted by molar-refractivity contribution is 0.102. The van der Waals surface area contributed by atoms with Gasteiger partial charge in [0.2, 0.25) is 0 Å². The summed E-state index contributed by atoms with van der Waals surface area (Å²) in [5.74, 6) is -0.111. The van der Waals surface area contributed by atoms with Gasteiger partial charge in [-0.05, 0) is 48.2 Å². The Morgan fingerprint density at radius 3 is 2.30 bits per heavy atom. The van der Waals surface area contributed by atoms with Gasteiger partial charge < -0.3 is 5.32 Å². The van der Waals surface area contributed by atoms with Gasteiger partial charge in [-0.25, -0.2) is 4.98 Å². The van der Waals surface area contributed by atoms with E-state index in [1.807, 2.05) is 54.6 Å². The van der Waals surface area contributed by atoms with Gasteiger partial charge in [-0.15, -0.1) is 0 Å². The monoisotopic (exact) mass is 458 g/mol. The lowest BCUT2D eigenvalue weighted by Gasteiger charge is -2.16. The molecule has 150 valence electrons. The van der Waals surface area contributed by atoms with Crippen LogP contribution in [0.15, 0.2) is 77.3 Å². The van der Waals surface area contributed by atoms with Crippen molar-refractivity contribution < 1.29 is 4.79 Å². The van der Waals surface area contributed by atoms with Gasteiger partial charge in [0, 0.05) is 21.1 Å².